The van der Waals surface area contributed by atoms with Gasteiger partial charge in [-0.25, -0.2) is 10.1 Å². The van der Waals surface area contributed by atoms with Gasteiger partial charge in [-0.1, -0.05) is 36.1 Å². The highest BCUT2D eigenvalue weighted by molar-refractivity contribution is 6.03. The van der Waals surface area contributed by atoms with Crippen LogP contribution in [0.2, 0.25) is 0 Å². The smallest absolute Gasteiger partial charge is 0.362 e. The Morgan fingerprint density at radius 1 is 1.18 bits per heavy atom. The predicted octanol–water partition coefficient (Wildman–Crippen LogP) is 1.49. The summed E-state index contributed by atoms with van der Waals surface area (Å²) in [6.45, 7) is 3.48. The SMILES string of the molecule is CC(NC(=O)c1c(N)[nH][n+]2cccnc12)c1nc2cccc(C#CC3CNC3)c2c(=O)n1-c1ccccc1. The Balaban J connectivity index is 1.47. The highest BCUT2D eigenvalue weighted by Crippen LogP contribution is 2.21. The molecule has 2 aromatic carbocycles. The number of hydrogen-bond donors (Lipinski definition) is 4. The lowest BCUT2D eigenvalue weighted by Crippen LogP contribution is -2.40. The van der Waals surface area contributed by atoms with Gasteiger partial charge in [0.2, 0.25) is 0 Å². The standard InChI is InChI=1S/C28H24N8O2/c1-17(32-27(37)23-24(29)34-35-14-6-13-31-26(23)35)25-33-21-10-5-7-19(12-11-18-15-30-16-18)22(21)28(38)36(25)20-8-3-2-4-9-20/h2-10,13-14,17-18,30H,15-16H2,1H3,(H3,29,32,34,37)/p+1. The number of anilines is 1. The lowest BCUT2D eigenvalue weighted by atomic mass is 10.0. The quantitative estimate of drug-likeness (QED) is 0.216. The first-order valence-corrected chi connectivity index (χ1v) is 12.3. The number of fused-ring (bicyclic) bond motifs is 2. The van der Waals surface area contributed by atoms with Gasteiger partial charge in [0.1, 0.15) is 18.2 Å². The van der Waals surface area contributed by atoms with Crippen LogP contribution in [0.15, 0.2) is 71.8 Å². The molecular formula is C28H25N8O2+. The summed E-state index contributed by atoms with van der Waals surface area (Å²) in [5.41, 5.74) is 8.25. The van der Waals surface area contributed by atoms with Crippen LogP contribution in [0.1, 0.15) is 34.7 Å². The van der Waals surface area contributed by atoms with Crippen molar-refractivity contribution in [3.05, 3.63) is 94.3 Å². The molecule has 5 N–H and O–H groups in total. The first-order valence-electron chi connectivity index (χ1n) is 12.3. The maximum Gasteiger partial charge on any atom is 0.362 e. The van der Waals surface area contributed by atoms with E-state index in [1.807, 2.05) is 42.5 Å². The molecular weight excluding hydrogens is 480 g/mol. The number of benzene rings is 2. The molecule has 10 heteroatoms. The van der Waals surface area contributed by atoms with E-state index < -0.39 is 11.9 Å². The Kier molecular flexibility index (Phi) is 5.82. The molecule has 0 bridgehead atoms. The van der Waals surface area contributed by atoms with Gasteiger partial charge in [-0.15, -0.1) is 4.52 Å². The Morgan fingerprint density at radius 2 is 2.00 bits per heavy atom. The van der Waals surface area contributed by atoms with Gasteiger partial charge < -0.3 is 16.4 Å². The number of amides is 1. The number of carbonyl (C=O) groups excluding carboxylic acids is 1. The maximum absolute atomic E-state index is 14.0. The monoisotopic (exact) mass is 505 g/mol. The molecule has 0 saturated carbocycles. The Hall–Kier alpha value is -5.01. The van der Waals surface area contributed by atoms with Crippen LogP contribution in [0, 0.1) is 17.8 Å². The largest absolute Gasteiger partial charge is 0.382 e. The summed E-state index contributed by atoms with van der Waals surface area (Å²) in [4.78, 5) is 36.5. The predicted molar refractivity (Wildman–Crippen MR) is 143 cm³/mol. The van der Waals surface area contributed by atoms with Gasteiger partial charge in [0.05, 0.1) is 22.6 Å². The molecule has 1 fully saturated rings. The van der Waals surface area contributed by atoms with Crippen molar-refractivity contribution in [2.45, 2.75) is 13.0 Å². The molecule has 1 aliphatic rings. The zero-order valence-corrected chi connectivity index (χ0v) is 20.6. The van der Waals surface area contributed by atoms with Crippen LogP contribution in [0.4, 0.5) is 5.82 Å². The molecule has 4 heterocycles. The second kappa shape index (κ2) is 9.46. The average Bonchev–Trinajstić information content (AvgIpc) is 3.23. The molecule has 0 spiro atoms. The third-order valence-corrected chi connectivity index (χ3v) is 6.57. The number of nitrogens with zero attached hydrogens (tertiary/aromatic N) is 4. The van der Waals surface area contributed by atoms with Crippen molar-refractivity contribution >= 4 is 28.3 Å². The van der Waals surface area contributed by atoms with Crippen molar-refractivity contribution in [2.75, 3.05) is 18.8 Å². The van der Waals surface area contributed by atoms with Gasteiger partial charge >= 0.3 is 5.65 Å². The van der Waals surface area contributed by atoms with E-state index in [-0.39, 0.29) is 22.9 Å². The van der Waals surface area contributed by atoms with Crippen LogP contribution in [0.3, 0.4) is 0 Å². The summed E-state index contributed by atoms with van der Waals surface area (Å²) in [5, 5.41) is 9.51. The van der Waals surface area contributed by atoms with Crippen molar-refractivity contribution in [3.63, 3.8) is 0 Å². The summed E-state index contributed by atoms with van der Waals surface area (Å²) in [5.74, 6) is 6.84. The van der Waals surface area contributed by atoms with E-state index in [2.05, 4.69) is 32.6 Å². The Bertz CT molecular complexity index is 1810. The molecule has 3 aromatic heterocycles. The average molecular weight is 506 g/mol. The number of rotatable bonds is 4. The maximum atomic E-state index is 14.0. The molecule has 1 unspecified atom stereocenters. The number of H-pyrrole nitrogens is 1. The van der Waals surface area contributed by atoms with Gasteiger partial charge in [0.15, 0.2) is 11.4 Å². The summed E-state index contributed by atoms with van der Waals surface area (Å²) in [6, 6.07) is 15.8. The van der Waals surface area contributed by atoms with Crippen molar-refractivity contribution in [2.24, 2.45) is 5.92 Å². The highest BCUT2D eigenvalue weighted by atomic mass is 16.2. The summed E-state index contributed by atoms with van der Waals surface area (Å²) >= 11 is 0. The second-order valence-electron chi connectivity index (χ2n) is 9.18. The van der Waals surface area contributed by atoms with E-state index in [0.29, 0.717) is 33.6 Å². The number of hydrogen-bond acceptors (Lipinski definition) is 6. The van der Waals surface area contributed by atoms with Gasteiger partial charge in [-0.3, -0.25) is 14.2 Å². The molecule has 6 rings (SSSR count). The van der Waals surface area contributed by atoms with E-state index in [1.54, 1.807) is 36.0 Å². The van der Waals surface area contributed by atoms with E-state index in [9.17, 15) is 9.59 Å². The first kappa shape index (κ1) is 23.4. The van der Waals surface area contributed by atoms with E-state index in [4.69, 9.17) is 10.7 Å². The lowest BCUT2D eigenvalue weighted by Gasteiger charge is -2.21. The number of aromatic nitrogens is 5. The number of nitrogen functional groups attached to an aromatic ring is 1. The van der Waals surface area contributed by atoms with Gasteiger partial charge in [-0.05, 0) is 36.2 Å². The van der Waals surface area contributed by atoms with Gasteiger partial charge in [0, 0.05) is 30.6 Å². The minimum absolute atomic E-state index is 0.185. The zero-order valence-electron chi connectivity index (χ0n) is 20.6. The molecule has 5 aromatic rings. The third-order valence-electron chi connectivity index (χ3n) is 6.57. The molecule has 1 atom stereocenters. The van der Waals surface area contributed by atoms with Crippen LogP contribution < -0.4 is 26.4 Å². The topological polar surface area (TPSA) is 135 Å². The van der Waals surface area contributed by atoms with Crippen molar-refractivity contribution in [1.82, 2.24) is 30.3 Å². The molecule has 0 radical (unpaired) electrons. The second-order valence-corrected chi connectivity index (χ2v) is 9.18. The lowest BCUT2D eigenvalue weighted by molar-refractivity contribution is -0.577. The van der Waals surface area contributed by atoms with E-state index in [1.165, 1.54) is 4.57 Å². The fourth-order valence-electron chi connectivity index (χ4n) is 4.55. The fourth-order valence-corrected chi connectivity index (χ4v) is 4.55. The summed E-state index contributed by atoms with van der Waals surface area (Å²) in [6.07, 6.45) is 3.31. The van der Waals surface area contributed by atoms with Crippen LogP contribution >= 0.6 is 0 Å². The zero-order chi connectivity index (χ0) is 26.2. The first-order chi connectivity index (χ1) is 18.5. The normalized spacial score (nSPS) is 14.0. The third kappa shape index (κ3) is 4.05. The summed E-state index contributed by atoms with van der Waals surface area (Å²) < 4.78 is 3.11. The number of carbonyl (C=O) groups is 1. The molecule has 188 valence electrons. The molecule has 38 heavy (non-hydrogen) atoms. The van der Waals surface area contributed by atoms with Gasteiger partial charge in [0.25, 0.3) is 11.5 Å². The fraction of sp³-hybridized carbons (Fsp3) is 0.179. The van der Waals surface area contributed by atoms with E-state index in [0.717, 1.165) is 13.1 Å². The van der Waals surface area contributed by atoms with Crippen molar-refractivity contribution < 1.29 is 9.31 Å². The summed E-state index contributed by atoms with van der Waals surface area (Å²) in [7, 11) is 0. The van der Waals surface area contributed by atoms with Crippen LogP contribution in [-0.4, -0.2) is 38.6 Å². The molecule has 10 nitrogen and oxygen atoms in total. The van der Waals surface area contributed by atoms with Gasteiger partial charge in [-0.2, -0.15) is 0 Å². The molecule has 1 aliphatic heterocycles. The van der Waals surface area contributed by atoms with Crippen molar-refractivity contribution in [3.8, 4) is 17.5 Å². The number of aromatic amines is 1. The highest BCUT2D eigenvalue weighted by Gasteiger charge is 2.27. The van der Waals surface area contributed by atoms with Crippen LogP contribution in [0.25, 0.3) is 22.2 Å². The number of nitrogens with two attached hydrogens (primary N) is 1. The minimum atomic E-state index is -0.645. The molecule has 1 amide bonds. The minimum Gasteiger partial charge on any atom is -0.382 e. The van der Waals surface area contributed by atoms with E-state index >= 15 is 0 Å². The molecule has 1 saturated heterocycles. The Morgan fingerprint density at radius 3 is 2.76 bits per heavy atom. The Labute approximate surface area is 217 Å². The number of para-hydroxylation sites is 1. The van der Waals surface area contributed by atoms with Crippen LogP contribution in [-0.2, 0) is 0 Å². The van der Waals surface area contributed by atoms with Crippen molar-refractivity contribution in [1.29, 1.82) is 0 Å². The van der Waals surface area contributed by atoms with Crippen LogP contribution in [0.5, 0.6) is 0 Å². The number of nitrogens with one attached hydrogen (secondary N) is 3. The molecule has 0 aliphatic carbocycles.